The van der Waals surface area contributed by atoms with Gasteiger partial charge in [0.2, 0.25) is 0 Å². The van der Waals surface area contributed by atoms with Crippen LogP contribution in [0.15, 0.2) is 0 Å². The summed E-state index contributed by atoms with van der Waals surface area (Å²) in [6.07, 6.45) is 0. The maximum absolute atomic E-state index is 9.90. The van der Waals surface area contributed by atoms with E-state index in [0.29, 0.717) is 0 Å². The predicted molar refractivity (Wildman–Crippen MR) is 34.1 cm³/mol. The van der Waals surface area contributed by atoms with Gasteiger partial charge < -0.3 is 4.55 Å². The van der Waals surface area contributed by atoms with Crippen molar-refractivity contribution in [2.24, 2.45) is 0 Å². The molecule has 0 aromatic rings. The highest BCUT2D eigenvalue weighted by atomic mass is 35.5. The molecular formula is C2H2Cl3O2S-. The van der Waals surface area contributed by atoms with Crippen molar-refractivity contribution in [1.82, 2.24) is 0 Å². The monoisotopic (exact) mass is 195 g/mol. The SMILES string of the molecule is O=S([O-])C(Cl)(Cl)CCl. The van der Waals surface area contributed by atoms with Crippen molar-refractivity contribution in [1.29, 1.82) is 0 Å². The van der Waals surface area contributed by atoms with Gasteiger partial charge in [-0.2, -0.15) is 0 Å². The third kappa shape index (κ3) is 2.51. The van der Waals surface area contributed by atoms with E-state index in [1.165, 1.54) is 0 Å². The zero-order valence-electron chi connectivity index (χ0n) is 3.57. The quantitative estimate of drug-likeness (QED) is 0.492. The Morgan fingerprint density at radius 2 is 2.00 bits per heavy atom. The maximum atomic E-state index is 9.90. The first-order valence-electron chi connectivity index (χ1n) is 1.54. The normalized spacial score (nSPS) is 16.0. The minimum atomic E-state index is -2.53. The Labute approximate surface area is 64.4 Å². The number of halogens is 3. The minimum absolute atomic E-state index is 0.327. The van der Waals surface area contributed by atoms with Crippen molar-refractivity contribution in [3.05, 3.63) is 0 Å². The van der Waals surface area contributed by atoms with E-state index in [4.69, 9.17) is 34.8 Å². The third-order valence-corrected chi connectivity index (χ3v) is 2.89. The summed E-state index contributed by atoms with van der Waals surface area (Å²) in [7, 11) is 0. The average molecular weight is 196 g/mol. The van der Waals surface area contributed by atoms with Crippen LogP contribution in [0.3, 0.4) is 0 Å². The standard InChI is InChI=1S/C2H3Cl3O2S/c3-1-2(4,5)8(6)7/h1H2,(H,6,7)/p-1. The van der Waals surface area contributed by atoms with Crippen LogP contribution in [-0.2, 0) is 11.1 Å². The molecule has 6 heteroatoms. The highest BCUT2D eigenvalue weighted by molar-refractivity contribution is 7.84. The molecule has 0 radical (unpaired) electrons. The molecule has 50 valence electrons. The van der Waals surface area contributed by atoms with Gasteiger partial charge in [0.25, 0.3) is 0 Å². The van der Waals surface area contributed by atoms with Crippen LogP contribution in [0.2, 0.25) is 0 Å². The zero-order valence-corrected chi connectivity index (χ0v) is 6.65. The van der Waals surface area contributed by atoms with Crippen LogP contribution < -0.4 is 0 Å². The molecule has 0 spiro atoms. The molecule has 1 unspecified atom stereocenters. The van der Waals surface area contributed by atoms with E-state index in [0.717, 1.165) is 0 Å². The summed E-state index contributed by atoms with van der Waals surface area (Å²) in [4.78, 5) is 0. The summed E-state index contributed by atoms with van der Waals surface area (Å²) in [5.74, 6) is -0.327. The first-order valence-corrected chi connectivity index (χ1v) is 3.90. The smallest absolute Gasteiger partial charge is 0.192 e. The van der Waals surface area contributed by atoms with Crippen LogP contribution in [0.25, 0.3) is 0 Å². The fraction of sp³-hybridized carbons (Fsp3) is 1.00. The highest BCUT2D eigenvalue weighted by Crippen LogP contribution is 2.24. The van der Waals surface area contributed by atoms with Gasteiger partial charge in [-0.15, -0.1) is 11.6 Å². The van der Waals surface area contributed by atoms with E-state index in [1.807, 2.05) is 0 Å². The molecule has 8 heavy (non-hydrogen) atoms. The van der Waals surface area contributed by atoms with Crippen LogP contribution in [-0.4, -0.2) is 18.3 Å². The Hall–Kier alpha value is 0.980. The Kier molecular flexibility index (Phi) is 3.62. The second-order valence-corrected chi connectivity index (χ2v) is 4.37. The van der Waals surface area contributed by atoms with Crippen molar-refractivity contribution in [3.8, 4) is 0 Å². The number of alkyl halides is 3. The molecule has 0 aliphatic rings. The molecule has 0 aromatic heterocycles. The molecule has 0 aromatic carbocycles. The van der Waals surface area contributed by atoms with Crippen molar-refractivity contribution in [3.63, 3.8) is 0 Å². The summed E-state index contributed by atoms with van der Waals surface area (Å²) in [5.41, 5.74) is 0. The number of hydrogen-bond acceptors (Lipinski definition) is 2. The molecule has 1 atom stereocenters. The van der Waals surface area contributed by atoms with Gasteiger partial charge >= 0.3 is 0 Å². The summed E-state index contributed by atoms with van der Waals surface area (Å²) >= 11 is 12.7. The van der Waals surface area contributed by atoms with Crippen LogP contribution in [0.5, 0.6) is 0 Å². The Balaban J connectivity index is 3.91. The van der Waals surface area contributed by atoms with E-state index in [2.05, 4.69) is 0 Å². The molecular weight excluding hydrogens is 194 g/mol. The van der Waals surface area contributed by atoms with Gasteiger partial charge in [-0.25, -0.2) is 0 Å². The maximum Gasteiger partial charge on any atom is 0.192 e. The van der Waals surface area contributed by atoms with Gasteiger partial charge in [0, 0.05) is 0 Å². The van der Waals surface area contributed by atoms with Crippen LogP contribution in [0.4, 0.5) is 0 Å². The number of rotatable bonds is 2. The lowest BCUT2D eigenvalue weighted by Crippen LogP contribution is -2.21. The van der Waals surface area contributed by atoms with Crippen molar-refractivity contribution < 1.29 is 8.76 Å². The molecule has 0 amide bonds. The summed E-state index contributed by atoms with van der Waals surface area (Å²) in [5, 5.41) is 0. The van der Waals surface area contributed by atoms with Crippen molar-refractivity contribution in [2.45, 2.75) is 3.67 Å². The van der Waals surface area contributed by atoms with Gasteiger partial charge in [0.15, 0.2) is 3.67 Å². The van der Waals surface area contributed by atoms with Gasteiger partial charge in [-0.1, -0.05) is 23.2 Å². The van der Waals surface area contributed by atoms with Gasteiger partial charge in [0.05, 0.1) is 5.88 Å². The molecule has 0 saturated carbocycles. The first-order chi connectivity index (χ1) is 3.50. The topological polar surface area (TPSA) is 40.1 Å². The largest absolute Gasteiger partial charge is 0.770 e. The van der Waals surface area contributed by atoms with Crippen LogP contribution in [0.1, 0.15) is 0 Å². The highest BCUT2D eigenvalue weighted by Gasteiger charge is 2.23. The molecule has 0 saturated heterocycles. The fourth-order valence-corrected chi connectivity index (χ4v) is 0.401. The Morgan fingerprint density at radius 1 is 1.62 bits per heavy atom. The van der Waals surface area contributed by atoms with Crippen molar-refractivity contribution >= 4 is 45.9 Å². The summed E-state index contributed by atoms with van der Waals surface area (Å²) in [6.45, 7) is 0. The van der Waals surface area contributed by atoms with Gasteiger partial charge in [-0.3, -0.25) is 4.21 Å². The molecule has 0 aliphatic heterocycles. The molecule has 2 nitrogen and oxygen atoms in total. The average Bonchev–Trinajstić information content (AvgIpc) is 1.67. The lowest BCUT2D eigenvalue weighted by molar-refractivity contribution is 0.532. The zero-order chi connectivity index (χ0) is 6.78. The third-order valence-electron chi connectivity index (χ3n) is 0.399. The Bertz CT molecular complexity index is 103. The fourth-order valence-electron chi connectivity index (χ4n) is 0.0445. The molecule has 0 rings (SSSR count). The summed E-state index contributed by atoms with van der Waals surface area (Å²) in [6, 6.07) is 0. The first kappa shape index (κ1) is 8.98. The Morgan fingerprint density at radius 3 is 2.00 bits per heavy atom. The second kappa shape index (κ2) is 3.22. The van der Waals surface area contributed by atoms with E-state index in [9.17, 15) is 8.76 Å². The second-order valence-electron chi connectivity index (χ2n) is 1.01. The molecule has 0 N–H and O–H groups in total. The van der Waals surface area contributed by atoms with Gasteiger partial charge in [0.1, 0.15) is 0 Å². The number of hydrogen-bond donors (Lipinski definition) is 0. The van der Waals surface area contributed by atoms with Crippen molar-refractivity contribution in [2.75, 3.05) is 5.88 Å². The van der Waals surface area contributed by atoms with Crippen LogP contribution in [0, 0.1) is 0 Å². The van der Waals surface area contributed by atoms with E-state index in [-0.39, 0.29) is 5.88 Å². The molecule has 0 fully saturated rings. The lowest BCUT2D eigenvalue weighted by atomic mass is 10.9. The molecule has 0 bridgehead atoms. The predicted octanol–water partition coefficient (Wildman–Crippen LogP) is 1.24. The van der Waals surface area contributed by atoms with E-state index in [1.54, 1.807) is 0 Å². The molecule has 0 heterocycles. The lowest BCUT2D eigenvalue weighted by Gasteiger charge is -2.18. The summed E-state index contributed by atoms with van der Waals surface area (Å²) < 4.78 is 18.0. The van der Waals surface area contributed by atoms with Gasteiger partial charge in [-0.05, 0) is 11.1 Å². The van der Waals surface area contributed by atoms with E-state index < -0.39 is 14.7 Å². The minimum Gasteiger partial charge on any atom is -0.770 e. The molecule has 0 aliphatic carbocycles. The van der Waals surface area contributed by atoms with Crippen LogP contribution >= 0.6 is 34.8 Å². The van der Waals surface area contributed by atoms with E-state index >= 15 is 0 Å².